The van der Waals surface area contributed by atoms with Gasteiger partial charge in [-0.3, -0.25) is 4.79 Å². The van der Waals surface area contributed by atoms with Crippen molar-refractivity contribution in [1.29, 1.82) is 0 Å². The lowest BCUT2D eigenvalue weighted by Crippen LogP contribution is -2.28. The second-order valence-corrected chi connectivity index (χ2v) is 9.83. The van der Waals surface area contributed by atoms with E-state index in [1.54, 1.807) is 0 Å². The molecule has 2 aromatic carbocycles. The normalized spacial score (nSPS) is 19.5. The van der Waals surface area contributed by atoms with Crippen molar-refractivity contribution in [1.82, 2.24) is 0 Å². The van der Waals surface area contributed by atoms with Crippen molar-refractivity contribution in [3.8, 4) is 0 Å². The predicted octanol–water partition coefficient (Wildman–Crippen LogP) is 4.33. The quantitative estimate of drug-likeness (QED) is 0.649. The fraction of sp³-hybridized carbons (Fsp3) is 0.350. The number of carbonyl (C=O) groups is 1. The number of anilines is 1. The maximum absolute atomic E-state index is 13.3. The zero-order chi connectivity index (χ0) is 22.1. The average Bonchev–Trinajstić information content (AvgIpc) is 2.72. The monoisotopic (exact) mass is 461 g/mol. The number of aliphatic hydroxyl groups excluding tert-OH is 1. The van der Waals surface area contributed by atoms with Crippen LogP contribution < -0.4 is 5.32 Å². The minimum Gasteiger partial charge on any atom is -0.396 e. The van der Waals surface area contributed by atoms with Gasteiger partial charge in [0.15, 0.2) is 27.3 Å². The number of aliphatic hydroxyl groups is 1. The van der Waals surface area contributed by atoms with Crippen molar-refractivity contribution >= 4 is 33.0 Å². The third-order valence-corrected chi connectivity index (χ3v) is 7.97. The average molecular weight is 462 g/mol. The summed E-state index contributed by atoms with van der Waals surface area (Å²) >= 11 is 6.09. The molecule has 1 saturated carbocycles. The van der Waals surface area contributed by atoms with Crippen LogP contribution in [-0.4, -0.2) is 31.3 Å². The molecule has 0 radical (unpaired) electrons. The Hall–Kier alpha value is -2.10. The van der Waals surface area contributed by atoms with E-state index in [0.717, 1.165) is 6.07 Å². The molecule has 2 N–H and O–H groups in total. The first-order valence-corrected chi connectivity index (χ1v) is 11.2. The van der Waals surface area contributed by atoms with Gasteiger partial charge in [-0.1, -0.05) is 11.6 Å². The van der Waals surface area contributed by atoms with Crippen molar-refractivity contribution in [3.63, 3.8) is 0 Å². The highest BCUT2D eigenvalue weighted by Gasteiger charge is 2.33. The van der Waals surface area contributed by atoms with Gasteiger partial charge in [-0.05, 0) is 49.8 Å². The third-order valence-electron chi connectivity index (χ3n) is 5.23. The molecule has 162 valence electrons. The number of halogens is 4. The molecule has 0 saturated heterocycles. The van der Waals surface area contributed by atoms with E-state index >= 15 is 0 Å². The number of amides is 1. The number of sulfone groups is 1. The third kappa shape index (κ3) is 4.63. The summed E-state index contributed by atoms with van der Waals surface area (Å²) < 4.78 is 65.8. The number of hydrogen-bond acceptors (Lipinski definition) is 4. The van der Waals surface area contributed by atoms with E-state index in [4.69, 9.17) is 11.6 Å². The molecule has 0 bridgehead atoms. The molecule has 0 aromatic heterocycles. The summed E-state index contributed by atoms with van der Waals surface area (Å²) in [7, 11) is -3.84. The Labute approximate surface area is 176 Å². The molecule has 10 heteroatoms. The van der Waals surface area contributed by atoms with Crippen LogP contribution in [0.15, 0.2) is 35.2 Å². The van der Waals surface area contributed by atoms with Gasteiger partial charge >= 0.3 is 0 Å². The first kappa shape index (κ1) is 22.6. The summed E-state index contributed by atoms with van der Waals surface area (Å²) in [6, 6.07) is 4.87. The van der Waals surface area contributed by atoms with E-state index in [1.165, 1.54) is 12.1 Å². The zero-order valence-electron chi connectivity index (χ0n) is 15.7. The molecule has 3 rings (SSSR count). The smallest absolute Gasteiger partial charge is 0.255 e. The van der Waals surface area contributed by atoms with E-state index in [9.17, 15) is 31.5 Å². The van der Waals surface area contributed by atoms with Gasteiger partial charge in [-0.2, -0.15) is 0 Å². The SMILES string of the molecule is O=C(Nc1cc(F)c(F)c(F)c1)c1ccc(Cl)c(S(=O)(=O)[C@H]2CC[C@@H](CO)CC2)c1. The molecule has 0 spiro atoms. The zero-order valence-corrected chi connectivity index (χ0v) is 17.2. The Morgan fingerprint density at radius 2 is 1.67 bits per heavy atom. The highest BCUT2D eigenvalue weighted by molar-refractivity contribution is 7.92. The lowest BCUT2D eigenvalue weighted by atomic mass is 9.90. The molecule has 0 heterocycles. The van der Waals surface area contributed by atoms with Gasteiger partial charge in [-0.25, -0.2) is 21.6 Å². The number of benzene rings is 2. The molecule has 1 aliphatic carbocycles. The van der Waals surface area contributed by atoms with E-state index in [0.29, 0.717) is 37.8 Å². The van der Waals surface area contributed by atoms with Gasteiger partial charge in [-0.15, -0.1) is 0 Å². The largest absolute Gasteiger partial charge is 0.396 e. The summed E-state index contributed by atoms with van der Waals surface area (Å²) in [5, 5.41) is 10.7. The van der Waals surface area contributed by atoms with E-state index in [-0.39, 0.29) is 33.7 Å². The molecular weight excluding hydrogens is 443 g/mol. The number of nitrogens with one attached hydrogen (secondary N) is 1. The topological polar surface area (TPSA) is 83.5 Å². The van der Waals surface area contributed by atoms with Crippen molar-refractivity contribution in [2.75, 3.05) is 11.9 Å². The lowest BCUT2D eigenvalue weighted by molar-refractivity contribution is 0.102. The molecule has 1 amide bonds. The molecule has 2 aromatic rings. The molecule has 30 heavy (non-hydrogen) atoms. The first-order valence-electron chi connectivity index (χ1n) is 9.23. The summed E-state index contributed by atoms with van der Waals surface area (Å²) in [6.45, 7) is 0.00769. The van der Waals surface area contributed by atoms with Crippen molar-refractivity contribution in [3.05, 3.63) is 58.4 Å². The van der Waals surface area contributed by atoms with Gasteiger partial charge in [0.1, 0.15) is 0 Å². The van der Waals surface area contributed by atoms with Gasteiger partial charge < -0.3 is 10.4 Å². The minimum absolute atomic E-state index is 0.00769. The van der Waals surface area contributed by atoms with Crippen LogP contribution in [0.4, 0.5) is 18.9 Å². The molecule has 1 aliphatic rings. The first-order chi connectivity index (χ1) is 14.1. The summed E-state index contributed by atoms with van der Waals surface area (Å²) in [6.07, 6.45) is 1.88. The Morgan fingerprint density at radius 1 is 1.07 bits per heavy atom. The van der Waals surface area contributed by atoms with Gasteiger partial charge in [0, 0.05) is 30.0 Å². The Bertz CT molecular complexity index is 1050. The van der Waals surface area contributed by atoms with E-state index in [2.05, 4.69) is 5.32 Å². The Balaban J connectivity index is 1.85. The lowest BCUT2D eigenvalue weighted by Gasteiger charge is -2.27. The summed E-state index contributed by atoms with van der Waals surface area (Å²) in [4.78, 5) is 12.2. The van der Waals surface area contributed by atoms with Crippen LogP contribution >= 0.6 is 11.6 Å². The second-order valence-electron chi connectivity index (χ2n) is 7.22. The van der Waals surface area contributed by atoms with Crippen LogP contribution in [0.5, 0.6) is 0 Å². The highest BCUT2D eigenvalue weighted by atomic mass is 35.5. The van der Waals surface area contributed by atoms with Crippen molar-refractivity contribution in [2.24, 2.45) is 5.92 Å². The maximum atomic E-state index is 13.3. The Kier molecular flexibility index (Phi) is 6.74. The fourth-order valence-electron chi connectivity index (χ4n) is 3.50. The molecular formula is C20H19ClF3NO4S. The van der Waals surface area contributed by atoms with Gasteiger partial charge in [0.2, 0.25) is 0 Å². The van der Waals surface area contributed by atoms with Crippen LogP contribution in [-0.2, 0) is 9.84 Å². The highest BCUT2D eigenvalue weighted by Crippen LogP contribution is 2.34. The van der Waals surface area contributed by atoms with Crippen molar-refractivity contribution < 1.29 is 31.5 Å². The number of hydrogen-bond donors (Lipinski definition) is 2. The molecule has 0 atom stereocenters. The standard InChI is InChI=1S/C20H19ClF3NO4S/c21-15-6-3-12(20(27)25-13-8-16(22)19(24)17(23)9-13)7-18(15)30(28,29)14-4-1-11(10-26)2-5-14/h3,6-9,11,14,26H,1-2,4-5,10H2,(H,25,27)/t11-,14+. The summed E-state index contributed by atoms with van der Waals surface area (Å²) in [5.41, 5.74) is -0.412. The molecule has 0 aliphatic heterocycles. The molecule has 0 unspecified atom stereocenters. The van der Waals surface area contributed by atoms with Crippen molar-refractivity contribution in [2.45, 2.75) is 35.8 Å². The van der Waals surface area contributed by atoms with Crippen LogP contribution in [0.1, 0.15) is 36.0 Å². The van der Waals surface area contributed by atoms with Crippen LogP contribution in [0.3, 0.4) is 0 Å². The van der Waals surface area contributed by atoms with Crippen LogP contribution in [0, 0.1) is 23.4 Å². The fourth-order valence-corrected chi connectivity index (χ4v) is 5.82. The summed E-state index contributed by atoms with van der Waals surface area (Å²) in [5.74, 6) is -5.37. The Morgan fingerprint density at radius 3 is 2.23 bits per heavy atom. The van der Waals surface area contributed by atoms with E-state index in [1.807, 2.05) is 0 Å². The molecule has 5 nitrogen and oxygen atoms in total. The van der Waals surface area contributed by atoms with Crippen LogP contribution in [0.25, 0.3) is 0 Å². The predicted molar refractivity (Wildman–Crippen MR) is 106 cm³/mol. The van der Waals surface area contributed by atoms with Crippen LogP contribution in [0.2, 0.25) is 5.02 Å². The van der Waals surface area contributed by atoms with Gasteiger partial charge in [0.25, 0.3) is 5.91 Å². The number of carbonyl (C=O) groups excluding carboxylic acids is 1. The molecule has 1 fully saturated rings. The minimum atomic E-state index is -3.84. The van der Waals surface area contributed by atoms with E-state index < -0.39 is 38.4 Å². The maximum Gasteiger partial charge on any atom is 0.255 e. The second kappa shape index (κ2) is 8.95. The number of rotatable bonds is 5. The van der Waals surface area contributed by atoms with Gasteiger partial charge in [0.05, 0.1) is 15.2 Å².